The summed E-state index contributed by atoms with van der Waals surface area (Å²) < 4.78 is 45.7. The molecule has 11 heteroatoms. The monoisotopic (exact) mass is 530 g/mol. The van der Waals surface area contributed by atoms with E-state index in [0.29, 0.717) is 11.4 Å². The lowest BCUT2D eigenvalue weighted by Gasteiger charge is -2.18. The predicted octanol–water partition coefficient (Wildman–Crippen LogP) is 4.44. The molecule has 8 nitrogen and oxygen atoms in total. The Labute approximate surface area is 216 Å². The summed E-state index contributed by atoms with van der Waals surface area (Å²) in [5, 5.41) is 0.203. The van der Waals surface area contributed by atoms with Gasteiger partial charge in [-0.2, -0.15) is 0 Å². The molecule has 0 spiro atoms. The van der Waals surface area contributed by atoms with Gasteiger partial charge in [0.2, 0.25) is 0 Å². The van der Waals surface area contributed by atoms with E-state index < -0.39 is 28.9 Å². The molecule has 0 unspecified atom stereocenters. The normalized spacial score (nSPS) is 11.9. The van der Waals surface area contributed by atoms with Crippen LogP contribution in [0.2, 0.25) is 0 Å². The second-order valence-electron chi connectivity index (χ2n) is 8.78. The van der Waals surface area contributed by atoms with E-state index in [4.69, 9.17) is 0 Å². The summed E-state index contributed by atoms with van der Waals surface area (Å²) in [6.45, 7) is 0. The van der Waals surface area contributed by atoms with Gasteiger partial charge in [-0.05, 0) is 48.5 Å². The number of rotatable bonds is 3. The number of hydrogen-bond acceptors (Lipinski definition) is 5. The molecule has 0 N–H and O–H groups in total. The van der Waals surface area contributed by atoms with Crippen molar-refractivity contribution in [1.82, 2.24) is 18.7 Å². The van der Waals surface area contributed by atoms with Crippen molar-refractivity contribution >= 4 is 32.8 Å². The number of alkyl halides is 3. The summed E-state index contributed by atoms with van der Waals surface area (Å²) in [5.74, 6) is -0.474. The lowest BCUT2D eigenvalue weighted by Crippen LogP contribution is -2.40. The summed E-state index contributed by atoms with van der Waals surface area (Å²) in [6, 6.07) is 21.8. The molecule has 3 aromatic carbocycles. The number of para-hydroxylation sites is 2. The molecule has 0 atom stereocenters. The molecule has 3 heterocycles. The minimum atomic E-state index is -4.89. The number of aryl methyl sites for hydroxylation is 1. The number of nitrogens with zero attached hydrogens (tertiary/aromatic N) is 4. The van der Waals surface area contributed by atoms with Crippen molar-refractivity contribution in [3.63, 3.8) is 0 Å². The molecule has 0 saturated heterocycles. The van der Waals surface area contributed by atoms with Gasteiger partial charge in [-0.3, -0.25) is 14.2 Å². The quantitative estimate of drug-likeness (QED) is 0.249. The Balaban J connectivity index is 1.81. The van der Waals surface area contributed by atoms with Crippen molar-refractivity contribution in [2.75, 3.05) is 0 Å². The summed E-state index contributed by atoms with van der Waals surface area (Å²) >= 11 is 0. The molecule has 39 heavy (non-hydrogen) atoms. The minimum Gasteiger partial charge on any atom is -0.406 e. The van der Waals surface area contributed by atoms with Crippen LogP contribution in [0.3, 0.4) is 0 Å². The SMILES string of the molecule is Cn1c(=O)c2cc3cc(OC(F)(F)F)ccc3nc2c2c(=O)n(-c3ccccc3)c(=O)n(-c3ccccc3)c21. The zero-order valence-electron chi connectivity index (χ0n) is 20.1. The smallest absolute Gasteiger partial charge is 0.406 e. The molecule has 0 radical (unpaired) electrons. The lowest BCUT2D eigenvalue weighted by atomic mass is 10.1. The third-order valence-electron chi connectivity index (χ3n) is 6.37. The lowest BCUT2D eigenvalue weighted by molar-refractivity contribution is -0.274. The van der Waals surface area contributed by atoms with Gasteiger partial charge < -0.3 is 4.74 Å². The van der Waals surface area contributed by atoms with Gasteiger partial charge in [-0.25, -0.2) is 18.9 Å². The predicted molar refractivity (Wildman–Crippen MR) is 140 cm³/mol. The maximum absolute atomic E-state index is 14.0. The number of fused-ring (bicyclic) bond motifs is 4. The van der Waals surface area contributed by atoms with Crippen molar-refractivity contribution in [1.29, 1.82) is 0 Å². The van der Waals surface area contributed by atoms with Crippen molar-refractivity contribution in [3.05, 3.63) is 116 Å². The first kappa shape index (κ1) is 24.2. The molecule has 0 bridgehead atoms. The Hall–Kier alpha value is -5.19. The maximum Gasteiger partial charge on any atom is 0.573 e. The number of pyridine rings is 2. The van der Waals surface area contributed by atoms with Gasteiger partial charge >= 0.3 is 12.1 Å². The molecule has 3 aromatic heterocycles. The van der Waals surface area contributed by atoms with Gasteiger partial charge in [0, 0.05) is 12.4 Å². The van der Waals surface area contributed by atoms with Crippen LogP contribution >= 0.6 is 0 Å². The minimum absolute atomic E-state index is 0.00285. The molecule has 0 fully saturated rings. The topological polar surface area (TPSA) is 88.1 Å². The molecule has 0 aliphatic heterocycles. The van der Waals surface area contributed by atoms with Crippen molar-refractivity contribution in [3.8, 4) is 17.1 Å². The number of ether oxygens (including phenoxy) is 1. The molecule has 0 aliphatic carbocycles. The standard InChI is InChI=1S/C28H17F3N4O4/c1-33-24-22(23-20(25(33)36)15-16-14-19(39-28(29,30)31)12-13-21(16)32-23)26(37)35(18-10-6-3-7-11-18)27(38)34(24)17-8-4-2-5-9-17/h2-15H,1H3. The average Bonchev–Trinajstić information content (AvgIpc) is 2.91. The van der Waals surface area contributed by atoms with Gasteiger partial charge in [0.1, 0.15) is 16.8 Å². The van der Waals surface area contributed by atoms with E-state index in [1.54, 1.807) is 60.7 Å². The summed E-state index contributed by atoms with van der Waals surface area (Å²) in [5.41, 5.74) is -0.956. The fourth-order valence-corrected chi connectivity index (χ4v) is 4.72. The first-order valence-electron chi connectivity index (χ1n) is 11.7. The van der Waals surface area contributed by atoms with Crippen molar-refractivity contribution in [2.24, 2.45) is 7.05 Å². The van der Waals surface area contributed by atoms with Crippen LogP contribution in [0.5, 0.6) is 5.75 Å². The van der Waals surface area contributed by atoms with Crippen LogP contribution in [0, 0.1) is 0 Å². The number of halogens is 3. The van der Waals surface area contributed by atoms with Crippen LogP contribution in [0.25, 0.3) is 44.2 Å². The van der Waals surface area contributed by atoms with E-state index in [9.17, 15) is 27.6 Å². The third kappa shape index (κ3) is 3.95. The second kappa shape index (κ2) is 8.69. The maximum atomic E-state index is 14.0. The van der Waals surface area contributed by atoms with E-state index in [2.05, 4.69) is 9.72 Å². The second-order valence-corrected chi connectivity index (χ2v) is 8.78. The van der Waals surface area contributed by atoms with Gasteiger partial charge in [-0.1, -0.05) is 36.4 Å². The fourth-order valence-electron chi connectivity index (χ4n) is 4.72. The highest BCUT2D eigenvalue weighted by molar-refractivity contribution is 6.06. The summed E-state index contributed by atoms with van der Waals surface area (Å²) in [4.78, 5) is 45.9. The average molecular weight is 530 g/mol. The van der Waals surface area contributed by atoms with Gasteiger partial charge in [0.25, 0.3) is 11.1 Å². The first-order chi connectivity index (χ1) is 18.6. The van der Waals surface area contributed by atoms with Crippen LogP contribution in [0.15, 0.2) is 99.3 Å². The van der Waals surface area contributed by atoms with Crippen molar-refractivity contribution in [2.45, 2.75) is 6.36 Å². The van der Waals surface area contributed by atoms with Crippen LogP contribution in [-0.2, 0) is 7.05 Å². The number of aromatic nitrogens is 4. The Morgan fingerprint density at radius 1 is 0.769 bits per heavy atom. The summed E-state index contributed by atoms with van der Waals surface area (Å²) in [7, 11) is 1.42. The van der Waals surface area contributed by atoms with E-state index in [1.807, 2.05) is 0 Å². The van der Waals surface area contributed by atoms with E-state index in [-0.39, 0.29) is 32.8 Å². The number of benzene rings is 3. The number of hydrogen-bond donors (Lipinski definition) is 0. The fraction of sp³-hybridized carbons (Fsp3) is 0.0714. The largest absolute Gasteiger partial charge is 0.573 e. The highest BCUT2D eigenvalue weighted by Crippen LogP contribution is 2.29. The van der Waals surface area contributed by atoms with Crippen LogP contribution in [-0.4, -0.2) is 25.0 Å². The Kier molecular flexibility index (Phi) is 5.38. The van der Waals surface area contributed by atoms with Gasteiger partial charge in [-0.15, -0.1) is 13.2 Å². The highest BCUT2D eigenvalue weighted by atomic mass is 19.4. The Morgan fingerprint density at radius 3 is 2.00 bits per heavy atom. The Bertz CT molecular complexity index is 2100. The molecular formula is C28H17F3N4O4. The van der Waals surface area contributed by atoms with Crippen LogP contribution in [0.1, 0.15) is 0 Å². The zero-order chi connectivity index (χ0) is 27.5. The third-order valence-corrected chi connectivity index (χ3v) is 6.37. The first-order valence-corrected chi connectivity index (χ1v) is 11.7. The van der Waals surface area contributed by atoms with Gasteiger partial charge in [0.15, 0.2) is 0 Å². The van der Waals surface area contributed by atoms with Gasteiger partial charge in [0.05, 0.1) is 27.8 Å². The molecule has 0 aliphatic rings. The van der Waals surface area contributed by atoms with E-state index in [0.717, 1.165) is 16.7 Å². The van der Waals surface area contributed by atoms with Crippen LogP contribution in [0.4, 0.5) is 13.2 Å². The van der Waals surface area contributed by atoms with Crippen molar-refractivity contribution < 1.29 is 17.9 Å². The Morgan fingerprint density at radius 2 is 1.38 bits per heavy atom. The zero-order valence-corrected chi connectivity index (χ0v) is 20.1. The van der Waals surface area contributed by atoms with Crippen LogP contribution < -0.4 is 21.5 Å². The highest BCUT2D eigenvalue weighted by Gasteiger charge is 2.31. The molecule has 6 aromatic rings. The molecule has 6 rings (SSSR count). The van der Waals surface area contributed by atoms with E-state index in [1.165, 1.54) is 28.3 Å². The molecule has 0 saturated carbocycles. The summed E-state index contributed by atoms with van der Waals surface area (Å²) in [6.07, 6.45) is -4.89. The molecule has 0 amide bonds. The molecular weight excluding hydrogens is 513 g/mol. The molecule has 194 valence electrons. The van der Waals surface area contributed by atoms with E-state index >= 15 is 0 Å².